The number of anilines is 1. The smallest absolute Gasteiger partial charge is 0.319 e. The average molecular weight is 384 g/mol. The number of aromatic nitrogens is 2. The molecule has 2 N–H and O–H groups in total. The Morgan fingerprint density at radius 1 is 1.21 bits per heavy atom. The van der Waals surface area contributed by atoms with E-state index in [0.29, 0.717) is 13.1 Å². The van der Waals surface area contributed by atoms with Crippen LogP contribution in [-0.2, 0) is 18.4 Å². The first kappa shape index (κ1) is 19.9. The van der Waals surface area contributed by atoms with E-state index in [1.54, 1.807) is 15.8 Å². The molecule has 8 heteroatoms. The van der Waals surface area contributed by atoms with Crippen LogP contribution in [0.4, 0.5) is 10.5 Å². The Hall–Kier alpha value is -2.87. The fourth-order valence-electron chi connectivity index (χ4n) is 3.34. The molecule has 0 aliphatic carbocycles. The van der Waals surface area contributed by atoms with Gasteiger partial charge < -0.3 is 15.5 Å². The van der Waals surface area contributed by atoms with Crippen molar-refractivity contribution in [3.05, 3.63) is 48.3 Å². The highest BCUT2D eigenvalue weighted by Crippen LogP contribution is 2.12. The summed E-state index contributed by atoms with van der Waals surface area (Å²) in [5, 5.41) is 9.99. The zero-order valence-electron chi connectivity index (χ0n) is 16.5. The minimum Gasteiger partial charge on any atom is -0.340 e. The van der Waals surface area contributed by atoms with Crippen LogP contribution in [0.2, 0.25) is 0 Å². The first-order chi connectivity index (χ1) is 13.5. The van der Waals surface area contributed by atoms with Crippen LogP contribution in [0.1, 0.15) is 18.4 Å². The summed E-state index contributed by atoms with van der Waals surface area (Å²) in [5.41, 5.74) is 1.80. The predicted molar refractivity (Wildman–Crippen MR) is 108 cm³/mol. The molecule has 2 heterocycles. The number of rotatable bonds is 6. The second kappa shape index (κ2) is 9.36. The molecule has 1 aliphatic rings. The molecule has 0 bridgehead atoms. The van der Waals surface area contributed by atoms with Gasteiger partial charge in [0.15, 0.2) is 0 Å². The van der Waals surface area contributed by atoms with Gasteiger partial charge in [0, 0.05) is 57.2 Å². The molecular formula is C20H28N6O2. The van der Waals surface area contributed by atoms with E-state index >= 15 is 0 Å². The lowest BCUT2D eigenvalue weighted by Gasteiger charge is -2.32. The number of urea groups is 1. The lowest BCUT2D eigenvalue weighted by molar-refractivity contribution is -0.131. The molecule has 0 radical (unpaired) electrons. The minimum absolute atomic E-state index is 0.0945. The number of amides is 3. The van der Waals surface area contributed by atoms with E-state index < -0.39 is 0 Å². The van der Waals surface area contributed by atoms with E-state index in [1.165, 1.54) is 0 Å². The molecule has 150 valence electrons. The maximum atomic E-state index is 12.5. The fourth-order valence-corrected chi connectivity index (χ4v) is 3.34. The highest BCUT2D eigenvalue weighted by molar-refractivity contribution is 5.89. The maximum absolute atomic E-state index is 12.5. The second-order valence-electron chi connectivity index (χ2n) is 7.29. The lowest BCUT2D eigenvalue weighted by atomic mass is 10.1. The van der Waals surface area contributed by atoms with Crippen LogP contribution in [0, 0.1) is 0 Å². The van der Waals surface area contributed by atoms with Crippen molar-refractivity contribution in [2.75, 3.05) is 32.0 Å². The SMILES string of the molecule is CN(Cc1cnn(C)c1)C(=O)CN1CCC(NC(=O)Nc2ccccc2)CC1. The fraction of sp³-hybridized carbons (Fsp3) is 0.450. The van der Waals surface area contributed by atoms with Crippen molar-refractivity contribution < 1.29 is 9.59 Å². The number of carbonyl (C=O) groups is 2. The Kier molecular flexibility index (Phi) is 6.65. The summed E-state index contributed by atoms with van der Waals surface area (Å²) < 4.78 is 1.74. The Morgan fingerprint density at radius 3 is 2.57 bits per heavy atom. The van der Waals surface area contributed by atoms with Crippen LogP contribution in [-0.4, -0.2) is 64.2 Å². The van der Waals surface area contributed by atoms with Gasteiger partial charge in [0.1, 0.15) is 0 Å². The number of hydrogen-bond donors (Lipinski definition) is 2. The van der Waals surface area contributed by atoms with Crippen LogP contribution >= 0.6 is 0 Å². The molecule has 0 spiro atoms. The van der Waals surface area contributed by atoms with Gasteiger partial charge in [0.05, 0.1) is 12.7 Å². The van der Waals surface area contributed by atoms with Crippen molar-refractivity contribution >= 4 is 17.6 Å². The number of carbonyl (C=O) groups excluding carboxylic acids is 2. The number of hydrogen-bond acceptors (Lipinski definition) is 4. The van der Waals surface area contributed by atoms with E-state index in [1.807, 2.05) is 50.6 Å². The number of piperidine rings is 1. The average Bonchev–Trinajstić information content (AvgIpc) is 3.08. The predicted octanol–water partition coefficient (Wildman–Crippen LogP) is 1.66. The number of likely N-dealkylation sites (tertiary alicyclic amines) is 1. The topological polar surface area (TPSA) is 82.5 Å². The molecule has 28 heavy (non-hydrogen) atoms. The third kappa shape index (κ3) is 5.82. The summed E-state index contributed by atoms with van der Waals surface area (Å²) in [6, 6.07) is 9.34. The standard InChI is InChI=1S/C20H28N6O2/c1-24(13-16-12-21-25(2)14-16)19(27)15-26-10-8-18(9-11-26)23-20(28)22-17-6-4-3-5-7-17/h3-7,12,14,18H,8-11,13,15H2,1-2H3,(H2,22,23,28). The number of aryl methyl sites for hydroxylation is 1. The van der Waals surface area contributed by atoms with Gasteiger partial charge >= 0.3 is 6.03 Å². The normalized spacial score (nSPS) is 15.2. The number of nitrogens with zero attached hydrogens (tertiary/aromatic N) is 4. The molecule has 3 rings (SSSR count). The molecular weight excluding hydrogens is 356 g/mol. The van der Waals surface area contributed by atoms with E-state index in [4.69, 9.17) is 0 Å². The zero-order valence-corrected chi connectivity index (χ0v) is 16.5. The lowest BCUT2D eigenvalue weighted by Crippen LogP contribution is -2.48. The van der Waals surface area contributed by atoms with Gasteiger partial charge in [-0.1, -0.05) is 18.2 Å². The van der Waals surface area contributed by atoms with E-state index in [0.717, 1.165) is 37.2 Å². The van der Waals surface area contributed by atoms with Crippen molar-refractivity contribution in [1.82, 2.24) is 24.9 Å². The molecule has 1 fully saturated rings. The molecule has 1 aromatic carbocycles. The van der Waals surface area contributed by atoms with Crippen LogP contribution in [0.15, 0.2) is 42.7 Å². The number of benzene rings is 1. The van der Waals surface area contributed by atoms with Crippen molar-refractivity contribution in [2.24, 2.45) is 7.05 Å². The van der Waals surface area contributed by atoms with Crippen LogP contribution in [0.5, 0.6) is 0 Å². The zero-order chi connectivity index (χ0) is 19.9. The molecule has 0 saturated carbocycles. The third-order valence-corrected chi connectivity index (χ3v) is 4.92. The quantitative estimate of drug-likeness (QED) is 0.794. The van der Waals surface area contributed by atoms with Gasteiger partial charge in [-0.05, 0) is 25.0 Å². The molecule has 0 unspecified atom stereocenters. The van der Waals surface area contributed by atoms with Crippen molar-refractivity contribution in [2.45, 2.75) is 25.4 Å². The van der Waals surface area contributed by atoms with E-state index in [2.05, 4.69) is 20.6 Å². The second-order valence-corrected chi connectivity index (χ2v) is 7.29. The van der Waals surface area contributed by atoms with Crippen molar-refractivity contribution in [3.8, 4) is 0 Å². The number of nitrogens with one attached hydrogen (secondary N) is 2. The van der Waals surface area contributed by atoms with Crippen LogP contribution in [0.3, 0.4) is 0 Å². The van der Waals surface area contributed by atoms with Crippen LogP contribution in [0.25, 0.3) is 0 Å². The molecule has 1 saturated heterocycles. The Bertz CT molecular complexity index is 783. The van der Waals surface area contributed by atoms with Gasteiger partial charge in [-0.3, -0.25) is 14.4 Å². The van der Waals surface area contributed by atoms with Gasteiger partial charge in [0.2, 0.25) is 5.91 Å². The Labute approximate surface area is 165 Å². The Morgan fingerprint density at radius 2 is 1.93 bits per heavy atom. The largest absolute Gasteiger partial charge is 0.340 e. The third-order valence-electron chi connectivity index (χ3n) is 4.92. The number of para-hydroxylation sites is 1. The molecule has 2 aromatic rings. The molecule has 3 amide bonds. The highest BCUT2D eigenvalue weighted by Gasteiger charge is 2.23. The van der Waals surface area contributed by atoms with Gasteiger partial charge in [0.25, 0.3) is 0 Å². The number of likely N-dealkylation sites (N-methyl/N-ethyl adjacent to an activating group) is 1. The summed E-state index contributed by atoms with van der Waals surface area (Å²) in [6.45, 7) is 2.55. The summed E-state index contributed by atoms with van der Waals surface area (Å²) in [5.74, 6) is 0.0945. The van der Waals surface area contributed by atoms with Gasteiger partial charge in [-0.15, -0.1) is 0 Å². The molecule has 1 aromatic heterocycles. The highest BCUT2D eigenvalue weighted by atomic mass is 16.2. The first-order valence-corrected chi connectivity index (χ1v) is 9.56. The van der Waals surface area contributed by atoms with Crippen LogP contribution < -0.4 is 10.6 Å². The first-order valence-electron chi connectivity index (χ1n) is 9.56. The van der Waals surface area contributed by atoms with E-state index in [9.17, 15) is 9.59 Å². The summed E-state index contributed by atoms with van der Waals surface area (Å²) in [6.07, 6.45) is 5.37. The summed E-state index contributed by atoms with van der Waals surface area (Å²) in [4.78, 5) is 28.4. The minimum atomic E-state index is -0.183. The summed E-state index contributed by atoms with van der Waals surface area (Å²) in [7, 11) is 3.68. The molecule has 0 atom stereocenters. The monoisotopic (exact) mass is 384 g/mol. The van der Waals surface area contributed by atoms with E-state index in [-0.39, 0.29) is 18.0 Å². The molecule has 8 nitrogen and oxygen atoms in total. The van der Waals surface area contributed by atoms with Crippen molar-refractivity contribution in [1.29, 1.82) is 0 Å². The Balaban J connectivity index is 1.37. The summed E-state index contributed by atoms with van der Waals surface area (Å²) >= 11 is 0. The van der Waals surface area contributed by atoms with Gasteiger partial charge in [-0.25, -0.2) is 4.79 Å². The van der Waals surface area contributed by atoms with Gasteiger partial charge in [-0.2, -0.15) is 5.10 Å². The maximum Gasteiger partial charge on any atom is 0.319 e. The molecule has 1 aliphatic heterocycles. The van der Waals surface area contributed by atoms with Crippen molar-refractivity contribution in [3.63, 3.8) is 0 Å².